The Kier molecular flexibility index (Phi) is 6.16. The van der Waals surface area contributed by atoms with Gasteiger partial charge in [-0.2, -0.15) is 0 Å². The van der Waals surface area contributed by atoms with Crippen molar-refractivity contribution >= 4 is 29.3 Å². The van der Waals surface area contributed by atoms with Gasteiger partial charge in [-0.25, -0.2) is 9.78 Å². The molecule has 1 aromatic carbocycles. The predicted molar refractivity (Wildman–Crippen MR) is 105 cm³/mol. The monoisotopic (exact) mass is 379 g/mol. The summed E-state index contributed by atoms with van der Waals surface area (Å²) in [5.41, 5.74) is 0.949. The highest BCUT2D eigenvalue weighted by Gasteiger charge is 2.34. The van der Waals surface area contributed by atoms with Gasteiger partial charge in [0.05, 0.1) is 24.5 Å². The topological polar surface area (TPSA) is 97.4 Å². The van der Waals surface area contributed by atoms with Crippen LogP contribution in [0.3, 0.4) is 0 Å². The van der Waals surface area contributed by atoms with Crippen LogP contribution in [0.15, 0.2) is 60.8 Å². The van der Waals surface area contributed by atoms with Crippen molar-refractivity contribution in [1.82, 2.24) is 4.98 Å². The zero-order chi connectivity index (χ0) is 19.9. The number of rotatable bonds is 5. The molecule has 1 aromatic heterocycles. The number of allylic oxidation sites excluding steroid dienone is 2. The molecule has 28 heavy (non-hydrogen) atoms. The van der Waals surface area contributed by atoms with E-state index < -0.39 is 17.8 Å². The molecule has 144 valence electrons. The maximum Gasteiger partial charge on any atom is 0.337 e. The number of ether oxygens (including phenoxy) is 1. The molecule has 2 unspecified atom stereocenters. The first-order valence-electron chi connectivity index (χ1n) is 8.94. The lowest BCUT2D eigenvalue weighted by molar-refractivity contribution is -0.129. The molecule has 0 radical (unpaired) electrons. The first-order chi connectivity index (χ1) is 13.6. The smallest absolute Gasteiger partial charge is 0.337 e. The minimum Gasteiger partial charge on any atom is -0.465 e. The Labute approximate surface area is 162 Å². The number of carbonyl (C=O) groups is 3. The molecule has 0 bridgehead atoms. The van der Waals surface area contributed by atoms with Crippen molar-refractivity contribution < 1.29 is 19.1 Å². The third-order valence-corrected chi connectivity index (χ3v) is 4.60. The maximum atomic E-state index is 12.8. The number of methoxy groups -OCH3 is 1. The average molecular weight is 379 g/mol. The number of hydrogen-bond acceptors (Lipinski definition) is 5. The molecule has 0 fully saturated rings. The SMILES string of the molecule is COC(=O)c1ccc(NC(=O)C2CC=CCC2C(=O)Nc2ccccn2)cc1. The van der Waals surface area contributed by atoms with E-state index >= 15 is 0 Å². The number of nitrogens with zero attached hydrogens (tertiary/aromatic N) is 1. The zero-order valence-corrected chi connectivity index (χ0v) is 15.4. The fourth-order valence-corrected chi connectivity index (χ4v) is 3.09. The first-order valence-corrected chi connectivity index (χ1v) is 8.94. The molecule has 7 heteroatoms. The molecule has 2 aromatic rings. The summed E-state index contributed by atoms with van der Waals surface area (Å²) in [6.45, 7) is 0. The number of pyridine rings is 1. The van der Waals surface area contributed by atoms with Crippen molar-refractivity contribution in [2.75, 3.05) is 17.7 Å². The molecule has 1 aliphatic carbocycles. The van der Waals surface area contributed by atoms with Crippen LogP contribution in [0.5, 0.6) is 0 Å². The highest BCUT2D eigenvalue weighted by molar-refractivity contribution is 6.00. The van der Waals surface area contributed by atoms with E-state index in [2.05, 4.69) is 20.4 Å². The van der Waals surface area contributed by atoms with Crippen LogP contribution in [0.1, 0.15) is 23.2 Å². The summed E-state index contributed by atoms with van der Waals surface area (Å²) in [4.78, 5) is 41.0. The summed E-state index contributed by atoms with van der Waals surface area (Å²) in [6.07, 6.45) is 6.38. The first kappa shape index (κ1) is 19.3. The van der Waals surface area contributed by atoms with Gasteiger partial charge in [-0.05, 0) is 49.2 Å². The second kappa shape index (κ2) is 8.94. The van der Waals surface area contributed by atoms with Gasteiger partial charge in [0.1, 0.15) is 5.82 Å². The Morgan fingerprint density at radius 1 is 0.929 bits per heavy atom. The summed E-state index contributed by atoms with van der Waals surface area (Å²) in [7, 11) is 1.31. The number of hydrogen-bond donors (Lipinski definition) is 2. The van der Waals surface area contributed by atoms with Crippen molar-refractivity contribution in [1.29, 1.82) is 0 Å². The molecule has 0 aliphatic heterocycles. The lowest BCUT2D eigenvalue weighted by Gasteiger charge is -2.26. The number of aromatic nitrogens is 1. The molecule has 2 N–H and O–H groups in total. The quantitative estimate of drug-likeness (QED) is 0.615. The van der Waals surface area contributed by atoms with Crippen LogP contribution >= 0.6 is 0 Å². The molecule has 7 nitrogen and oxygen atoms in total. The Hall–Kier alpha value is -3.48. The predicted octanol–water partition coefficient (Wildman–Crippen LogP) is 3.03. The summed E-state index contributed by atoms with van der Waals surface area (Å²) in [6, 6.07) is 11.7. The number of anilines is 2. The lowest BCUT2D eigenvalue weighted by Crippen LogP contribution is -2.37. The molecule has 1 heterocycles. The van der Waals surface area contributed by atoms with Crippen LogP contribution in [0, 0.1) is 11.8 Å². The number of esters is 1. The van der Waals surface area contributed by atoms with Gasteiger partial charge in [0.2, 0.25) is 11.8 Å². The fraction of sp³-hybridized carbons (Fsp3) is 0.238. The van der Waals surface area contributed by atoms with Gasteiger partial charge < -0.3 is 15.4 Å². The van der Waals surface area contributed by atoms with Crippen molar-refractivity contribution in [3.63, 3.8) is 0 Å². The van der Waals surface area contributed by atoms with Crippen molar-refractivity contribution in [3.05, 3.63) is 66.4 Å². The number of nitrogens with one attached hydrogen (secondary N) is 2. The van der Waals surface area contributed by atoms with Gasteiger partial charge >= 0.3 is 5.97 Å². The molecule has 3 rings (SSSR count). The van der Waals surface area contributed by atoms with Crippen LogP contribution in [0.25, 0.3) is 0 Å². The van der Waals surface area contributed by atoms with Gasteiger partial charge in [0.15, 0.2) is 0 Å². The van der Waals surface area contributed by atoms with Crippen LogP contribution in [0.2, 0.25) is 0 Å². The van der Waals surface area contributed by atoms with Gasteiger partial charge in [0.25, 0.3) is 0 Å². The highest BCUT2D eigenvalue weighted by atomic mass is 16.5. The molecule has 1 aliphatic rings. The van der Waals surface area contributed by atoms with E-state index in [-0.39, 0.29) is 11.8 Å². The number of carbonyl (C=O) groups excluding carboxylic acids is 3. The van der Waals surface area contributed by atoms with E-state index in [1.165, 1.54) is 7.11 Å². The molecule has 2 amide bonds. The Bertz CT molecular complexity index is 878. The Morgan fingerprint density at radius 3 is 2.14 bits per heavy atom. The normalized spacial score (nSPS) is 18.2. The van der Waals surface area contributed by atoms with Gasteiger partial charge in [-0.1, -0.05) is 18.2 Å². The summed E-state index contributed by atoms with van der Waals surface area (Å²) < 4.78 is 4.66. The largest absolute Gasteiger partial charge is 0.465 e. The Morgan fingerprint density at radius 2 is 1.57 bits per heavy atom. The Balaban J connectivity index is 1.67. The van der Waals surface area contributed by atoms with E-state index in [1.807, 2.05) is 12.2 Å². The molecule has 0 saturated heterocycles. The van der Waals surface area contributed by atoms with Gasteiger partial charge in [0, 0.05) is 11.9 Å². The maximum absolute atomic E-state index is 12.8. The third kappa shape index (κ3) is 4.62. The van der Waals surface area contributed by atoms with Crippen LogP contribution in [-0.4, -0.2) is 29.9 Å². The van der Waals surface area contributed by atoms with E-state index in [0.29, 0.717) is 29.9 Å². The number of amides is 2. The van der Waals surface area contributed by atoms with E-state index in [9.17, 15) is 14.4 Å². The highest BCUT2D eigenvalue weighted by Crippen LogP contribution is 2.28. The minimum atomic E-state index is -0.492. The van der Waals surface area contributed by atoms with Crippen LogP contribution in [-0.2, 0) is 14.3 Å². The summed E-state index contributed by atoms with van der Waals surface area (Å²) >= 11 is 0. The van der Waals surface area contributed by atoms with Crippen LogP contribution in [0.4, 0.5) is 11.5 Å². The summed E-state index contributed by atoms with van der Waals surface area (Å²) in [5, 5.41) is 5.60. The number of benzene rings is 1. The van der Waals surface area contributed by atoms with Gasteiger partial charge in [-0.15, -0.1) is 0 Å². The van der Waals surface area contributed by atoms with E-state index in [0.717, 1.165) is 0 Å². The second-order valence-corrected chi connectivity index (χ2v) is 6.42. The standard InChI is InChI=1S/C21H21N3O4/c1-28-21(27)14-9-11-15(12-10-14)23-19(25)16-6-2-3-7-17(16)20(26)24-18-8-4-5-13-22-18/h2-5,8-13,16-17H,6-7H2,1H3,(H,23,25)(H,22,24,26). The second-order valence-electron chi connectivity index (χ2n) is 6.42. The lowest BCUT2D eigenvalue weighted by atomic mass is 9.81. The van der Waals surface area contributed by atoms with Crippen molar-refractivity contribution in [2.24, 2.45) is 11.8 Å². The average Bonchev–Trinajstić information content (AvgIpc) is 2.74. The minimum absolute atomic E-state index is 0.232. The van der Waals surface area contributed by atoms with E-state index in [1.54, 1.807) is 48.7 Å². The van der Waals surface area contributed by atoms with Gasteiger partial charge in [-0.3, -0.25) is 9.59 Å². The molecular weight excluding hydrogens is 358 g/mol. The third-order valence-electron chi connectivity index (χ3n) is 4.60. The van der Waals surface area contributed by atoms with Crippen molar-refractivity contribution in [3.8, 4) is 0 Å². The molecule has 0 spiro atoms. The molecule has 2 atom stereocenters. The summed E-state index contributed by atoms with van der Waals surface area (Å²) in [5.74, 6) is -1.43. The van der Waals surface area contributed by atoms with Crippen LogP contribution < -0.4 is 10.6 Å². The fourth-order valence-electron chi connectivity index (χ4n) is 3.09. The van der Waals surface area contributed by atoms with Crippen molar-refractivity contribution in [2.45, 2.75) is 12.8 Å². The van der Waals surface area contributed by atoms with E-state index in [4.69, 9.17) is 0 Å². The molecular formula is C21H21N3O4. The molecule has 0 saturated carbocycles. The zero-order valence-electron chi connectivity index (χ0n) is 15.4.